The molecule has 0 atom stereocenters. The van der Waals surface area contributed by atoms with Gasteiger partial charge < -0.3 is 8.98 Å². The van der Waals surface area contributed by atoms with Gasteiger partial charge in [-0.3, -0.25) is 4.57 Å². The third kappa shape index (κ3) is 5.55. The van der Waals surface area contributed by atoms with Crippen LogP contribution in [0, 0.1) is 0 Å². The highest BCUT2D eigenvalue weighted by Crippen LogP contribution is 2.41. The van der Waals surface area contributed by atoms with Gasteiger partial charge in [-0.05, 0) is 65.7 Å². The minimum absolute atomic E-state index is 0.542. The fraction of sp³-hybridized carbons (Fsp3) is 0. The van der Waals surface area contributed by atoms with Crippen LogP contribution in [0.4, 0.5) is 0 Å². The average Bonchev–Trinajstić information content (AvgIpc) is 4.02. The summed E-state index contributed by atoms with van der Waals surface area (Å²) in [5.74, 6) is 1.72. The zero-order valence-corrected chi connectivity index (χ0v) is 33.9. The summed E-state index contributed by atoms with van der Waals surface area (Å²) in [6, 6.07) is 74.5. The molecular formula is C57H35N5O. The summed E-state index contributed by atoms with van der Waals surface area (Å²) in [6.45, 7) is 0. The molecule has 6 heteroatoms. The van der Waals surface area contributed by atoms with Crippen molar-refractivity contribution in [1.29, 1.82) is 0 Å². The molecule has 0 aliphatic carbocycles. The maximum absolute atomic E-state index is 6.25. The number of para-hydroxylation sites is 5. The van der Waals surface area contributed by atoms with Crippen LogP contribution in [0.1, 0.15) is 0 Å². The number of aromatic nitrogens is 5. The molecule has 0 saturated heterocycles. The Kier molecular flexibility index (Phi) is 7.80. The minimum atomic E-state index is 0.542. The van der Waals surface area contributed by atoms with E-state index in [0.717, 1.165) is 93.8 Å². The fourth-order valence-electron chi connectivity index (χ4n) is 9.56. The lowest BCUT2D eigenvalue weighted by Gasteiger charge is -2.16. The van der Waals surface area contributed by atoms with Crippen molar-refractivity contribution in [2.75, 3.05) is 0 Å². The van der Waals surface area contributed by atoms with E-state index in [4.69, 9.17) is 19.4 Å². The first-order valence-corrected chi connectivity index (χ1v) is 21.2. The topological polar surface area (TPSA) is 61.7 Å². The van der Waals surface area contributed by atoms with Crippen molar-refractivity contribution in [2.45, 2.75) is 0 Å². The van der Waals surface area contributed by atoms with E-state index in [1.54, 1.807) is 0 Å². The van der Waals surface area contributed by atoms with E-state index in [0.29, 0.717) is 17.6 Å². The Morgan fingerprint density at radius 1 is 0.317 bits per heavy atom. The lowest BCUT2D eigenvalue weighted by molar-refractivity contribution is 0.669. The van der Waals surface area contributed by atoms with Crippen molar-refractivity contribution >= 4 is 65.6 Å². The Balaban J connectivity index is 1.07. The van der Waals surface area contributed by atoms with E-state index < -0.39 is 0 Å². The first kappa shape index (κ1) is 35.2. The van der Waals surface area contributed by atoms with Crippen LogP contribution in [0.3, 0.4) is 0 Å². The maximum Gasteiger partial charge on any atom is 0.238 e. The molecule has 4 heterocycles. The molecule has 0 spiro atoms. The van der Waals surface area contributed by atoms with E-state index in [9.17, 15) is 0 Å². The van der Waals surface area contributed by atoms with E-state index >= 15 is 0 Å². The molecule has 0 fully saturated rings. The van der Waals surface area contributed by atoms with Gasteiger partial charge >= 0.3 is 0 Å². The largest absolute Gasteiger partial charge is 0.456 e. The molecule has 63 heavy (non-hydrogen) atoms. The van der Waals surface area contributed by atoms with Crippen LogP contribution in [-0.4, -0.2) is 24.1 Å². The van der Waals surface area contributed by atoms with Gasteiger partial charge in [0.05, 0.1) is 27.8 Å². The maximum atomic E-state index is 6.25. The lowest BCUT2D eigenvalue weighted by atomic mass is 10.00. The van der Waals surface area contributed by atoms with Crippen LogP contribution >= 0.6 is 0 Å². The molecule has 6 nitrogen and oxygen atoms in total. The summed E-state index contributed by atoms with van der Waals surface area (Å²) >= 11 is 0. The Bertz CT molecular complexity index is 3860. The second-order valence-corrected chi connectivity index (χ2v) is 16.0. The predicted molar refractivity (Wildman–Crippen MR) is 258 cm³/mol. The number of fused-ring (bicyclic) bond motifs is 9. The first-order chi connectivity index (χ1) is 31.2. The summed E-state index contributed by atoms with van der Waals surface area (Å²) in [4.78, 5) is 16.0. The molecule has 4 aromatic heterocycles. The molecule has 0 bridgehead atoms. The zero-order valence-electron chi connectivity index (χ0n) is 33.9. The second-order valence-electron chi connectivity index (χ2n) is 16.0. The molecular weight excluding hydrogens is 771 g/mol. The predicted octanol–water partition coefficient (Wildman–Crippen LogP) is 14.6. The van der Waals surface area contributed by atoms with Crippen molar-refractivity contribution in [1.82, 2.24) is 24.1 Å². The minimum Gasteiger partial charge on any atom is -0.456 e. The number of furan rings is 1. The van der Waals surface area contributed by atoms with Gasteiger partial charge in [0.2, 0.25) is 5.95 Å². The van der Waals surface area contributed by atoms with E-state index in [-0.39, 0.29) is 0 Å². The molecule has 0 N–H and O–H groups in total. The number of benzene rings is 9. The second kappa shape index (κ2) is 14.0. The van der Waals surface area contributed by atoms with Gasteiger partial charge in [-0.1, -0.05) is 158 Å². The van der Waals surface area contributed by atoms with Gasteiger partial charge in [-0.2, -0.15) is 9.97 Å². The molecule has 0 aliphatic rings. The summed E-state index contributed by atoms with van der Waals surface area (Å²) in [5, 5.41) is 6.84. The fourth-order valence-corrected chi connectivity index (χ4v) is 9.56. The molecule has 294 valence electrons. The molecule has 13 rings (SSSR count). The normalized spacial score (nSPS) is 11.8. The van der Waals surface area contributed by atoms with Crippen molar-refractivity contribution in [3.8, 4) is 56.7 Å². The molecule has 0 saturated carbocycles. The molecule has 9 aromatic carbocycles. The Labute approximate surface area is 361 Å². The highest BCUT2D eigenvalue weighted by molar-refractivity contribution is 6.15. The number of nitrogens with zero attached hydrogens (tertiary/aromatic N) is 5. The van der Waals surface area contributed by atoms with Gasteiger partial charge in [0.1, 0.15) is 11.2 Å². The monoisotopic (exact) mass is 805 g/mol. The summed E-state index contributed by atoms with van der Waals surface area (Å²) in [7, 11) is 0. The van der Waals surface area contributed by atoms with Crippen LogP contribution in [-0.2, 0) is 0 Å². The van der Waals surface area contributed by atoms with Crippen molar-refractivity contribution in [3.05, 3.63) is 212 Å². The van der Waals surface area contributed by atoms with Gasteiger partial charge in [0, 0.05) is 54.6 Å². The highest BCUT2D eigenvalue weighted by atomic mass is 16.3. The summed E-state index contributed by atoms with van der Waals surface area (Å²) in [5.41, 5.74) is 13.3. The van der Waals surface area contributed by atoms with Crippen LogP contribution in [0.15, 0.2) is 217 Å². The third-order valence-corrected chi connectivity index (χ3v) is 12.4. The quantitative estimate of drug-likeness (QED) is 0.168. The summed E-state index contributed by atoms with van der Waals surface area (Å²) < 4.78 is 10.9. The standard InChI is InChI=1S/C57H35N5O/c1-3-16-36(17-4-1)46-35-39(30-32-51(46)61-48-26-11-7-20-41(48)42-21-8-12-27-49(42)61)56-58-55(37-18-5-2-6-19-37)59-57(60-56)62-50-28-13-9-22-43(50)45-25-15-24-40(54(45)62)38-31-33-53-47(34-38)44-23-10-14-29-52(44)63-53/h1-35H. The number of hydrogen-bond donors (Lipinski definition) is 0. The molecule has 0 unspecified atom stereocenters. The lowest BCUT2D eigenvalue weighted by Crippen LogP contribution is -2.07. The van der Waals surface area contributed by atoms with E-state index in [1.165, 1.54) is 10.8 Å². The van der Waals surface area contributed by atoms with Crippen LogP contribution < -0.4 is 0 Å². The first-order valence-electron chi connectivity index (χ1n) is 21.2. The van der Waals surface area contributed by atoms with Crippen LogP contribution in [0.5, 0.6) is 0 Å². The zero-order chi connectivity index (χ0) is 41.4. The van der Waals surface area contributed by atoms with E-state index in [2.05, 4.69) is 191 Å². The van der Waals surface area contributed by atoms with E-state index in [1.807, 2.05) is 30.3 Å². The van der Waals surface area contributed by atoms with Gasteiger partial charge in [-0.25, -0.2) is 4.98 Å². The molecule has 0 aliphatic heterocycles. The van der Waals surface area contributed by atoms with Crippen molar-refractivity contribution in [2.24, 2.45) is 0 Å². The summed E-state index contributed by atoms with van der Waals surface area (Å²) in [6.07, 6.45) is 0. The number of hydrogen-bond acceptors (Lipinski definition) is 4. The van der Waals surface area contributed by atoms with Gasteiger partial charge in [0.25, 0.3) is 0 Å². The molecule has 13 aromatic rings. The molecule has 0 radical (unpaired) electrons. The third-order valence-electron chi connectivity index (χ3n) is 12.4. The number of rotatable bonds is 6. The van der Waals surface area contributed by atoms with Crippen molar-refractivity contribution in [3.63, 3.8) is 0 Å². The van der Waals surface area contributed by atoms with Crippen LogP contribution in [0.25, 0.3) is 122 Å². The van der Waals surface area contributed by atoms with Crippen molar-refractivity contribution < 1.29 is 4.42 Å². The van der Waals surface area contributed by atoms with Crippen LogP contribution in [0.2, 0.25) is 0 Å². The highest BCUT2D eigenvalue weighted by Gasteiger charge is 2.22. The Morgan fingerprint density at radius 3 is 1.57 bits per heavy atom. The smallest absolute Gasteiger partial charge is 0.238 e. The Morgan fingerprint density at radius 2 is 0.857 bits per heavy atom. The van der Waals surface area contributed by atoms with Gasteiger partial charge in [-0.15, -0.1) is 0 Å². The van der Waals surface area contributed by atoms with Gasteiger partial charge in [0.15, 0.2) is 11.6 Å². The average molecular weight is 806 g/mol. The molecule has 0 amide bonds. The SMILES string of the molecule is c1ccc(-c2nc(-c3ccc(-n4c5ccccc5c5ccccc54)c(-c4ccccc4)c3)nc(-n3c4ccccc4c4cccc(-c5ccc6oc7ccccc7c6c5)c43)n2)cc1. The Hall–Kier alpha value is -8.61.